The van der Waals surface area contributed by atoms with Crippen LogP contribution >= 0.6 is 15.9 Å². The van der Waals surface area contributed by atoms with Gasteiger partial charge in [-0.2, -0.15) is 4.98 Å². The molecule has 10 heteroatoms. The Morgan fingerprint density at radius 2 is 2.05 bits per heavy atom. The topological polar surface area (TPSA) is 68.3 Å². The van der Waals surface area contributed by atoms with E-state index in [1.807, 2.05) is 4.72 Å². The number of hydrogen-bond acceptors (Lipinski definition) is 4. The molecule has 0 saturated heterocycles. The molecular formula is C9H10BrF3N2O3S. The van der Waals surface area contributed by atoms with Gasteiger partial charge in [-0.05, 0) is 28.1 Å². The summed E-state index contributed by atoms with van der Waals surface area (Å²) >= 11 is 3.11. The monoisotopic (exact) mass is 362 g/mol. The zero-order valence-electron chi connectivity index (χ0n) is 9.61. The highest BCUT2D eigenvalue weighted by Gasteiger charge is 2.27. The van der Waals surface area contributed by atoms with Gasteiger partial charge in [-0.25, -0.2) is 21.6 Å². The number of nitrogens with zero attached hydrogens (tertiary/aromatic N) is 1. The van der Waals surface area contributed by atoms with Gasteiger partial charge in [0.25, 0.3) is 6.43 Å². The van der Waals surface area contributed by atoms with E-state index in [0.29, 0.717) is 4.47 Å². The lowest BCUT2D eigenvalue weighted by molar-refractivity contribution is 0.0619. The van der Waals surface area contributed by atoms with Crippen LogP contribution in [0.5, 0.6) is 5.88 Å². The summed E-state index contributed by atoms with van der Waals surface area (Å²) in [6.45, 7) is 0. The van der Waals surface area contributed by atoms with Crippen molar-refractivity contribution in [2.24, 2.45) is 0 Å². The average molecular weight is 363 g/mol. The highest BCUT2D eigenvalue weighted by atomic mass is 79.9. The first-order valence-corrected chi connectivity index (χ1v) is 7.33. The van der Waals surface area contributed by atoms with E-state index >= 15 is 0 Å². The lowest BCUT2D eigenvalue weighted by Crippen LogP contribution is -2.28. The average Bonchev–Trinajstić information content (AvgIpc) is 2.30. The van der Waals surface area contributed by atoms with Gasteiger partial charge in [-0.3, -0.25) is 4.72 Å². The quantitative estimate of drug-likeness (QED) is 0.842. The van der Waals surface area contributed by atoms with Crippen molar-refractivity contribution in [3.8, 4) is 5.88 Å². The molecule has 1 heterocycles. The van der Waals surface area contributed by atoms with Crippen LogP contribution in [-0.2, 0) is 10.0 Å². The number of ether oxygens (including phenoxy) is 1. The first-order valence-electron chi connectivity index (χ1n) is 4.88. The van der Waals surface area contributed by atoms with Crippen LogP contribution in [0, 0.1) is 0 Å². The molecule has 0 aromatic carbocycles. The maximum Gasteiger partial charge on any atom is 0.270 e. The van der Waals surface area contributed by atoms with Crippen molar-refractivity contribution in [1.29, 1.82) is 0 Å². The van der Waals surface area contributed by atoms with Crippen LogP contribution in [0.1, 0.15) is 0 Å². The van der Waals surface area contributed by atoms with Gasteiger partial charge in [-0.15, -0.1) is 0 Å². The number of pyridine rings is 1. The fourth-order valence-electron chi connectivity index (χ4n) is 1.11. The second kappa shape index (κ2) is 6.42. The van der Waals surface area contributed by atoms with Crippen molar-refractivity contribution in [2.45, 2.75) is 12.6 Å². The predicted octanol–water partition coefficient (Wildman–Crippen LogP) is 2.20. The van der Waals surface area contributed by atoms with Crippen molar-refractivity contribution in [1.82, 2.24) is 4.98 Å². The fraction of sp³-hybridized carbons (Fsp3) is 0.444. The number of halogens is 4. The number of methoxy groups -OCH3 is 1. The number of hydrogen-bond donors (Lipinski definition) is 1. The SMILES string of the molecule is COc1nc(NS(=O)(=O)CC(F)C(F)F)ccc1Br. The van der Waals surface area contributed by atoms with Crippen LogP contribution in [0.25, 0.3) is 0 Å². The van der Waals surface area contributed by atoms with E-state index in [1.165, 1.54) is 19.2 Å². The minimum absolute atomic E-state index is 0.103. The summed E-state index contributed by atoms with van der Waals surface area (Å²) in [6, 6.07) is 2.73. The smallest absolute Gasteiger partial charge is 0.270 e. The van der Waals surface area contributed by atoms with Crippen molar-refractivity contribution in [3.63, 3.8) is 0 Å². The lowest BCUT2D eigenvalue weighted by atomic mass is 10.4. The minimum Gasteiger partial charge on any atom is -0.480 e. The first-order chi connectivity index (χ1) is 8.75. The summed E-state index contributed by atoms with van der Waals surface area (Å²) in [5.41, 5.74) is 0. The molecule has 19 heavy (non-hydrogen) atoms. The lowest BCUT2D eigenvalue weighted by Gasteiger charge is -2.11. The standard InChI is InChI=1S/C9H10BrF3N2O3S/c1-18-9-5(10)2-3-7(14-9)15-19(16,17)4-6(11)8(12)13/h2-3,6,8H,4H2,1H3,(H,14,15). The zero-order chi connectivity index (χ0) is 14.6. The van der Waals surface area contributed by atoms with E-state index < -0.39 is 28.4 Å². The second-order valence-electron chi connectivity index (χ2n) is 3.42. The van der Waals surface area contributed by atoms with E-state index in [-0.39, 0.29) is 11.7 Å². The van der Waals surface area contributed by atoms with Crippen LogP contribution in [0.3, 0.4) is 0 Å². The molecule has 1 aromatic heterocycles. The van der Waals surface area contributed by atoms with E-state index in [1.54, 1.807) is 0 Å². The molecule has 1 aromatic rings. The predicted molar refractivity (Wildman–Crippen MR) is 66.8 cm³/mol. The molecule has 1 unspecified atom stereocenters. The maximum atomic E-state index is 12.7. The Hall–Kier alpha value is -1.03. The number of rotatable bonds is 6. The molecule has 0 spiro atoms. The van der Waals surface area contributed by atoms with Crippen molar-refractivity contribution >= 4 is 31.8 Å². The summed E-state index contributed by atoms with van der Waals surface area (Å²) in [5, 5.41) is 0. The van der Waals surface area contributed by atoms with Crippen molar-refractivity contribution < 1.29 is 26.3 Å². The van der Waals surface area contributed by atoms with E-state index in [0.717, 1.165) is 0 Å². The van der Waals surface area contributed by atoms with Crippen LogP contribution in [0.2, 0.25) is 0 Å². The molecule has 0 fully saturated rings. The van der Waals surface area contributed by atoms with Crippen LogP contribution in [-0.4, -0.2) is 38.9 Å². The normalized spacial score (nSPS) is 13.4. The Balaban J connectivity index is 2.84. The summed E-state index contributed by atoms with van der Waals surface area (Å²) < 4.78 is 66.7. The Morgan fingerprint density at radius 3 is 2.58 bits per heavy atom. The van der Waals surface area contributed by atoms with Gasteiger partial charge >= 0.3 is 0 Å². The summed E-state index contributed by atoms with van der Waals surface area (Å²) in [6.07, 6.45) is -6.11. The van der Waals surface area contributed by atoms with Gasteiger partial charge in [0.05, 0.1) is 11.6 Å². The van der Waals surface area contributed by atoms with Gasteiger partial charge in [0.1, 0.15) is 11.6 Å². The van der Waals surface area contributed by atoms with Crippen LogP contribution in [0.4, 0.5) is 19.0 Å². The molecule has 1 N–H and O–H groups in total. The Labute approximate surface area is 116 Å². The van der Waals surface area contributed by atoms with E-state index in [2.05, 4.69) is 20.9 Å². The third-order valence-corrected chi connectivity index (χ3v) is 3.80. The van der Waals surface area contributed by atoms with Crippen molar-refractivity contribution in [2.75, 3.05) is 17.6 Å². The number of aromatic nitrogens is 1. The number of alkyl halides is 3. The van der Waals surface area contributed by atoms with E-state index in [9.17, 15) is 21.6 Å². The fourth-order valence-corrected chi connectivity index (χ4v) is 2.57. The zero-order valence-corrected chi connectivity index (χ0v) is 12.0. The number of nitrogens with one attached hydrogen (secondary N) is 1. The van der Waals surface area contributed by atoms with Crippen LogP contribution < -0.4 is 9.46 Å². The molecule has 1 atom stereocenters. The first kappa shape index (κ1) is 16.0. The van der Waals surface area contributed by atoms with Gasteiger partial charge in [0.15, 0.2) is 6.17 Å². The third kappa shape index (κ3) is 4.86. The molecule has 0 aliphatic carbocycles. The molecule has 0 aliphatic heterocycles. The van der Waals surface area contributed by atoms with E-state index in [4.69, 9.17) is 4.74 Å². The van der Waals surface area contributed by atoms with Crippen molar-refractivity contribution in [3.05, 3.63) is 16.6 Å². The Kier molecular flexibility index (Phi) is 5.41. The molecule has 0 radical (unpaired) electrons. The van der Waals surface area contributed by atoms with Gasteiger partial charge < -0.3 is 4.74 Å². The highest BCUT2D eigenvalue weighted by Crippen LogP contribution is 2.24. The molecule has 0 saturated carbocycles. The molecule has 108 valence electrons. The largest absolute Gasteiger partial charge is 0.480 e. The second-order valence-corrected chi connectivity index (χ2v) is 6.04. The summed E-state index contributed by atoms with van der Waals surface area (Å²) in [7, 11) is -2.94. The minimum atomic E-state index is -4.26. The highest BCUT2D eigenvalue weighted by molar-refractivity contribution is 9.10. The van der Waals surface area contributed by atoms with Gasteiger partial charge in [-0.1, -0.05) is 0 Å². The van der Waals surface area contributed by atoms with Gasteiger partial charge in [0, 0.05) is 0 Å². The maximum absolute atomic E-state index is 12.7. The summed E-state index contributed by atoms with van der Waals surface area (Å²) in [4.78, 5) is 3.76. The molecule has 0 aliphatic rings. The molecule has 5 nitrogen and oxygen atoms in total. The number of anilines is 1. The molecular weight excluding hydrogens is 353 g/mol. The van der Waals surface area contributed by atoms with Crippen LogP contribution in [0.15, 0.2) is 16.6 Å². The Morgan fingerprint density at radius 1 is 1.42 bits per heavy atom. The summed E-state index contributed by atoms with van der Waals surface area (Å²) in [5.74, 6) is -1.39. The third-order valence-electron chi connectivity index (χ3n) is 1.92. The van der Waals surface area contributed by atoms with Gasteiger partial charge in [0.2, 0.25) is 15.9 Å². The number of sulfonamides is 1. The molecule has 0 amide bonds. The Bertz CT molecular complexity index is 542. The molecule has 1 rings (SSSR count). The molecule has 0 bridgehead atoms.